The third-order valence-electron chi connectivity index (χ3n) is 4.52. The van der Waals surface area contributed by atoms with Crippen molar-refractivity contribution in [2.75, 3.05) is 52.1 Å². The van der Waals surface area contributed by atoms with Crippen LogP contribution in [0.5, 0.6) is 0 Å². The van der Waals surface area contributed by atoms with Gasteiger partial charge in [0, 0.05) is 44.2 Å². The SMILES string of the molecule is CCC1CN(C(=NC)NCCN2CCCCCC2)CCS1. The van der Waals surface area contributed by atoms with Crippen LogP contribution in [0, 0.1) is 0 Å². The van der Waals surface area contributed by atoms with Crippen LogP contribution >= 0.6 is 11.8 Å². The molecule has 0 aromatic heterocycles. The van der Waals surface area contributed by atoms with Gasteiger partial charge in [0.15, 0.2) is 5.96 Å². The maximum absolute atomic E-state index is 4.49. The molecule has 0 saturated carbocycles. The van der Waals surface area contributed by atoms with E-state index in [0.717, 1.165) is 37.4 Å². The van der Waals surface area contributed by atoms with E-state index in [4.69, 9.17) is 0 Å². The Morgan fingerprint density at radius 2 is 1.95 bits per heavy atom. The van der Waals surface area contributed by atoms with Gasteiger partial charge in [0.05, 0.1) is 0 Å². The van der Waals surface area contributed by atoms with E-state index in [1.54, 1.807) is 0 Å². The number of thioether (sulfide) groups is 1. The minimum Gasteiger partial charge on any atom is -0.355 e. The smallest absolute Gasteiger partial charge is 0.193 e. The number of hydrogen-bond donors (Lipinski definition) is 1. The first-order chi connectivity index (χ1) is 10.3. The van der Waals surface area contributed by atoms with E-state index in [1.165, 1.54) is 50.9 Å². The lowest BCUT2D eigenvalue weighted by Crippen LogP contribution is -2.49. The average molecular weight is 313 g/mol. The molecule has 21 heavy (non-hydrogen) atoms. The topological polar surface area (TPSA) is 30.9 Å². The molecule has 0 bridgehead atoms. The molecule has 0 aromatic carbocycles. The molecule has 0 amide bonds. The highest BCUT2D eigenvalue weighted by atomic mass is 32.2. The number of rotatable bonds is 4. The molecule has 5 heteroatoms. The van der Waals surface area contributed by atoms with Crippen LogP contribution in [0.3, 0.4) is 0 Å². The standard InChI is InChI=1S/C16H32N4S/c1-3-15-14-20(12-13-21-15)16(17-2)18-8-11-19-9-6-4-5-7-10-19/h15H,3-14H2,1-2H3,(H,17,18). The molecule has 2 heterocycles. The normalized spacial score (nSPS) is 25.7. The minimum absolute atomic E-state index is 0.767. The van der Waals surface area contributed by atoms with Gasteiger partial charge >= 0.3 is 0 Å². The molecule has 2 rings (SSSR count). The summed E-state index contributed by atoms with van der Waals surface area (Å²) in [6, 6.07) is 0. The fraction of sp³-hybridized carbons (Fsp3) is 0.938. The van der Waals surface area contributed by atoms with E-state index in [9.17, 15) is 0 Å². The first-order valence-corrected chi connectivity index (χ1v) is 9.68. The maximum atomic E-state index is 4.49. The lowest BCUT2D eigenvalue weighted by molar-refractivity contribution is 0.287. The molecule has 0 radical (unpaired) electrons. The Morgan fingerprint density at radius 1 is 1.19 bits per heavy atom. The minimum atomic E-state index is 0.767. The van der Waals surface area contributed by atoms with E-state index >= 15 is 0 Å². The Balaban J connectivity index is 1.72. The zero-order chi connectivity index (χ0) is 14.9. The highest BCUT2D eigenvalue weighted by Gasteiger charge is 2.21. The van der Waals surface area contributed by atoms with Crippen molar-refractivity contribution in [2.24, 2.45) is 4.99 Å². The van der Waals surface area contributed by atoms with E-state index in [-0.39, 0.29) is 0 Å². The molecular formula is C16H32N4S. The summed E-state index contributed by atoms with van der Waals surface area (Å²) in [7, 11) is 1.91. The van der Waals surface area contributed by atoms with Crippen LogP contribution < -0.4 is 5.32 Å². The van der Waals surface area contributed by atoms with Crippen LogP contribution in [-0.2, 0) is 0 Å². The molecule has 0 spiro atoms. The number of hydrogen-bond acceptors (Lipinski definition) is 3. The van der Waals surface area contributed by atoms with Crippen molar-refractivity contribution in [1.29, 1.82) is 0 Å². The second-order valence-electron chi connectivity index (χ2n) is 6.08. The summed E-state index contributed by atoms with van der Waals surface area (Å²) in [5.41, 5.74) is 0. The van der Waals surface area contributed by atoms with Crippen LogP contribution in [0.15, 0.2) is 4.99 Å². The largest absolute Gasteiger partial charge is 0.355 e. The number of aliphatic imine (C=N–C) groups is 1. The Morgan fingerprint density at radius 3 is 2.62 bits per heavy atom. The fourth-order valence-corrected chi connectivity index (χ4v) is 4.36. The molecule has 0 aromatic rings. The quantitative estimate of drug-likeness (QED) is 0.637. The number of likely N-dealkylation sites (tertiary alicyclic amines) is 1. The third-order valence-corrected chi connectivity index (χ3v) is 5.89. The van der Waals surface area contributed by atoms with Crippen molar-refractivity contribution in [3.05, 3.63) is 0 Å². The summed E-state index contributed by atoms with van der Waals surface area (Å²) in [5, 5.41) is 4.34. The Hall–Kier alpha value is -0.420. The predicted molar refractivity (Wildman–Crippen MR) is 94.4 cm³/mol. The molecule has 2 saturated heterocycles. The highest BCUT2D eigenvalue weighted by molar-refractivity contribution is 8.00. The summed E-state index contributed by atoms with van der Waals surface area (Å²) in [6.07, 6.45) is 6.82. The van der Waals surface area contributed by atoms with E-state index in [1.807, 2.05) is 7.05 Å². The molecule has 4 nitrogen and oxygen atoms in total. The van der Waals surface area contributed by atoms with Gasteiger partial charge in [0.1, 0.15) is 0 Å². The van der Waals surface area contributed by atoms with E-state index < -0.39 is 0 Å². The maximum Gasteiger partial charge on any atom is 0.193 e. The fourth-order valence-electron chi connectivity index (χ4n) is 3.18. The highest BCUT2D eigenvalue weighted by Crippen LogP contribution is 2.20. The van der Waals surface area contributed by atoms with Crippen molar-refractivity contribution in [3.63, 3.8) is 0 Å². The monoisotopic (exact) mass is 312 g/mol. The lowest BCUT2D eigenvalue weighted by atomic mass is 10.2. The van der Waals surface area contributed by atoms with Crippen LogP contribution in [0.4, 0.5) is 0 Å². The predicted octanol–water partition coefficient (Wildman–Crippen LogP) is 2.27. The van der Waals surface area contributed by atoms with Crippen molar-refractivity contribution in [2.45, 2.75) is 44.3 Å². The van der Waals surface area contributed by atoms with Crippen LogP contribution in [0.25, 0.3) is 0 Å². The van der Waals surface area contributed by atoms with Gasteiger partial charge in [-0.15, -0.1) is 0 Å². The van der Waals surface area contributed by atoms with Gasteiger partial charge in [0.2, 0.25) is 0 Å². The second-order valence-corrected chi connectivity index (χ2v) is 7.49. The van der Waals surface area contributed by atoms with E-state index in [2.05, 4.69) is 38.8 Å². The van der Waals surface area contributed by atoms with Gasteiger partial charge in [0.25, 0.3) is 0 Å². The number of nitrogens with zero attached hydrogens (tertiary/aromatic N) is 3. The molecule has 1 atom stereocenters. The molecule has 2 aliphatic heterocycles. The van der Waals surface area contributed by atoms with Gasteiger partial charge in [-0.3, -0.25) is 4.99 Å². The lowest BCUT2D eigenvalue weighted by Gasteiger charge is -2.34. The van der Waals surface area contributed by atoms with Gasteiger partial charge < -0.3 is 15.1 Å². The van der Waals surface area contributed by atoms with Crippen LogP contribution in [0.2, 0.25) is 0 Å². The first-order valence-electron chi connectivity index (χ1n) is 8.63. The Labute approximate surface area is 134 Å². The summed E-state index contributed by atoms with van der Waals surface area (Å²) in [4.78, 5) is 9.53. The molecule has 2 aliphatic rings. The summed E-state index contributed by atoms with van der Waals surface area (Å²) < 4.78 is 0. The molecule has 1 N–H and O–H groups in total. The number of nitrogens with one attached hydrogen (secondary N) is 1. The van der Waals surface area contributed by atoms with Crippen molar-refractivity contribution in [3.8, 4) is 0 Å². The van der Waals surface area contributed by atoms with Crippen molar-refractivity contribution in [1.82, 2.24) is 15.1 Å². The Bertz CT molecular complexity index is 313. The number of guanidine groups is 1. The second kappa shape index (κ2) is 9.57. The molecular weight excluding hydrogens is 280 g/mol. The van der Waals surface area contributed by atoms with Crippen LogP contribution in [0.1, 0.15) is 39.0 Å². The zero-order valence-corrected chi connectivity index (χ0v) is 14.6. The molecule has 0 aliphatic carbocycles. The van der Waals surface area contributed by atoms with Gasteiger partial charge in [-0.25, -0.2) is 0 Å². The van der Waals surface area contributed by atoms with Crippen LogP contribution in [-0.4, -0.2) is 73.1 Å². The molecule has 1 unspecified atom stereocenters. The summed E-state index contributed by atoms with van der Waals surface area (Å²) in [5.74, 6) is 2.33. The van der Waals surface area contributed by atoms with Gasteiger partial charge in [-0.2, -0.15) is 11.8 Å². The first kappa shape index (κ1) is 16.9. The summed E-state index contributed by atoms with van der Waals surface area (Å²) >= 11 is 2.11. The van der Waals surface area contributed by atoms with Crippen molar-refractivity contribution < 1.29 is 0 Å². The zero-order valence-electron chi connectivity index (χ0n) is 13.8. The van der Waals surface area contributed by atoms with Gasteiger partial charge in [-0.1, -0.05) is 19.8 Å². The average Bonchev–Trinajstić information content (AvgIpc) is 2.80. The summed E-state index contributed by atoms with van der Waals surface area (Å²) in [6.45, 7) is 9.29. The molecule has 122 valence electrons. The van der Waals surface area contributed by atoms with E-state index in [0.29, 0.717) is 0 Å². The third kappa shape index (κ3) is 5.70. The van der Waals surface area contributed by atoms with Crippen molar-refractivity contribution >= 4 is 17.7 Å². The van der Waals surface area contributed by atoms with Gasteiger partial charge in [-0.05, 0) is 32.4 Å². The molecule has 2 fully saturated rings. The Kier molecular flexibility index (Phi) is 7.72.